The summed E-state index contributed by atoms with van der Waals surface area (Å²) in [4.78, 5) is 0. The topological polar surface area (TPSA) is 26.0 Å². The van der Waals surface area contributed by atoms with E-state index in [1.807, 2.05) is 0 Å². The van der Waals surface area contributed by atoms with Gasteiger partial charge < -0.3 is 5.73 Å². The Bertz CT molecular complexity index is 326. The fraction of sp³-hybridized carbons (Fsp3) is 0.500. The predicted molar refractivity (Wildman–Crippen MR) is 57.7 cm³/mol. The van der Waals surface area contributed by atoms with E-state index in [1.165, 1.54) is 24.3 Å². The molecule has 1 rings (SSSR count). The van der Waals surface area contributed by atoms with Crippen LogP contribution in [0.5, 0.6) is 0 Å². The Morgan fingerprint density at radius 2 is 1.60 bits per heavy atom. The second-order valence-electron chi connectivity index (χ2n) is 4.76. The maximum Gasteiger partial charge on any atom is 0.152 e. The number of rotatable bonds is 2. The first-order valence-corrected chi connectivity index (χ1v) is 4.96. The summed E-state index contributed by atoms with van der Waals surface area (Å²) in [6, 6.07) is 5.41. The van der Waals surface area contributed by atoms with Crippen LogP contribution in [0, 0.1) is 11.2 Å². The third-order valence-electron chi connectivity index (χ3n) is 2.77. The van der Waals surface area contributed by atoms with Crippen LogP contribution >= 0.6 is 0 Å². The van der Waals surface area contributed by atoms with Crippen LogP contribution < -0.4 is 5.73 Å². The molecule has 1 nitrogen and oxygen atoms in total. The Hall–Kier alpha value is -0.960. The second-order valence-corrected chi connectivity index (χ2v) is 4.76. The van der Waals surface area contributed by atoms with Crippen LogP contribution in [-0.4, -0.2) is 6.54 Å². The summed E-state index contributed by atoms with van der Waals surface area (Å²) in [5.74, 6) is -0.368. The van der Waals surface area contributed by atoms with Crippen molar-refractivity contribution in [2.24, 2.45) is 11.1 Å². The van der Waals surface area contributed by atoms with Gasteiger partial charge in [-0.15, -0.1) is 0 Å². The maximum atomic E-state index is 14.6. The Balaban J connectivity index is 3.18. The number of nitrogens with two attached hydrogens (primary N) is 1. The number of hydrogen-bond donors (Lipinski definition) is 1. The molecule has 0 amide bonds. The van der Waals surface area contributed by atoms with Crippen LogP contribution in [0.3, 0.4) is 0 Å². The van der Waals surface area contributed by atoms with Gasteiger partial charge in [0.2, 0.25) is 0 Å². The lowest BCUT2D eigenvalue weighted by molar-refractivity contribution is 0.0342. The van der Waals surface area contributed by atoms with Crippen molar-refractivity contribution in [3.8, 4) is 0 Å². The Kier molecular flexibility index (Phi) is 3.14. The maximum absolute atomic E-state index is 14.6. The third kappa shape index (κ3) is 2.17. The largest absolute Gasteiger partial charge is 0.327 e. The quantitative estimate of drug-likeness (QED) is 0.803. The number of benzene rings is 1. The molecule has 1 aromatic carbocycles. The van der Waals surface area contributed by atoms with Crippen LogP contribution in [-0.2, 0) is 5.67 Å². The summed E-state index contributed by atoms with van der Waals surface area (Å²) < 4.78 is 27.4. The van der Waals surface area contributed by atoms with E-state index in [1.54, 1.807) is 20.8 Å². The molecule has 84 valence electrons. The summed E-state index contributed by atoms with van der Waals surface area (Å²) in [7, 11) is 0. The minimum Gasteiger partial charge on any atom is -0.327 e. The lowest BCUT2D eigenvalue weighted by Gasteiger charge is -2.37. The van der Waals surface area contributed by atoms with Crippen molar-refractivity contribution < 1.29 is 8.78 Å². The van der Waals surface area contributed by atoms with E-state index in [0.717, 1.165) is 0 Å². The molecule has 1 unspecified atom stereocenters. The smallest absolute Gasteiger partial charge is 0.152 e. The van der Waals surface area contributed by atoms with Crippen LogP contribution in [0.1, 0.15) is 26.3 Å². The molecule has 2 N–H and O–H groups in total. The standard InChI is InChI=1S/C12H17F2N/c1-11(2,3)12(14,8-15)9-4-6-10(13)7-5-9/h4-7H,8,15H2,1-3H3. The monoisotopic (exact) mass is 213 g/mol. The molecular weight excluding hydrogens is 196 g/mol. The molecule has 15 heavy (non-hydrogen) atoms. The fourth-order valence-corrected chi connectivity index (χ4v) is 1.57. The average Bonchev–Trinajstić information content (AvgIpc) is 2.16. The van der Waals surface area contributed by atoms with Crippen LogP contribution in [0.25, 0.3) is 0 Å². The normalized spacial score (nSPS) is 16.1. The Morgan fingerprint density at radius 3 is 1.93 bits per heavy atom. The molecule has 0 saturated heterocycles. The molecule has 1 atom stereocenters. The molecule has 0 spiro atoms. The molecule has 0 radical (unpaired) electrons. The molecule has 0 bridgehead atoms. The molecule has 1 aromatic rings. The first-order valence-electron chi connectivity index (χ1n) is 4.96. The summed E-state index contributed by atoms with van der Waals surface area (Å²) in [6.45, 7) is 5.23. The highest BCUT2D eigenvalue weighted by Gasteiger charge is 2.42. The van der Waals surface area contributed by atoms with Crippen molar-refractivity contribution >= 4 is 0 Å². The van der Waals surface area contributed by atoms with E-state index in [0.29, 0.717) is 5.56 Å². The Morgan fingerprint density at radius 1 is 1.13 bits per heavy atom. The molecule has 0 saturated carbocycles. The number of halogens is 2. The zero-order valence-corrected chi connectivity index (χ0v) is 9.35. The molecule has 3 heteroatoms. The summed E-state index contributed by atoms with van der Waals surface area (Å²) in [5, 5.41) is 0. The third-order valence-corrected chi connectivity index (χ3v) is 2.77. The molecule has 0 heterocycles. The van der Waals surface area contributed by atoms with Crippen molar-refractivity contribution in [2.75, 3.05) is 6.54 Å². The highest BCUT2D eigenvalue weighted by Crippen LogP contribution is 2.42. The van der Waals surface area contributed by atoms with E-state index < -0.39 is 11.1 Å². The van der Waals surface area contributed by atoms with Crippen LogP contribution in [0.15, 0.2) is 24.3 Å². The molecule has 0 aliphatic rings. The van der Waals surface area contributed by atoms with E-state index in [9.17, 15) is 8.78 Å². The SMILES string of the molecule is CC(C)(C)C(F)(CN)c1ccc(F)cc1. The van der Waals surface area contributed by atoms with Gasteiger partial charge in [0.05, 0.1) is 0 Å². The van der Waals surface area contributed by atoms with Crippen LogP contribution in [0.2, 0.25) is 0 Å². The van der Waals surface area contributed by atoms with Gasteiger partial charge in [-0.25, -0.2) is 8.78 Å². The first kappa shape index (κ1) is 12.1. The molecule has 0 aromatic heterocycles. The lowest BCUT2D eigenvalue weighted by Crippen LogP contribution is -2.42. The fourth-order valence-electron chi connectivity index (χ4n) is 1.57. The summed E-state index contributed by atoms with van der Waals surface area (Å²) >= 11 is 0. The van der Waals surface area contributed by atoms with E-state index in [4.69, 9.17) is 5.73 Å². The highest BCUT2D eigenvalue weighted by molar-refractivity contribution is 5.25. The van der Waals surface area contributed by atoms with E-state index >= 15 is 0 Å². The van der Waals surface area contributed by atoms with Gasteiger partial charge in [-0.05, 0) is 17.7 Å². The van der Waals surface area contributed by atoms with Crippen molar-refractivity contribution in [2.45, 2.75) is 26.4 Å². The van der Waals surface area contributed by atoms with Gasteiger partial charge in [0.25, 0.3) is 0 Å². The van der Waals surface area contributed by atoms with E-state index in [2.05, 4.69) is 0 Å². The van der Waals surface area contributed by atoms with Gasteiger partial charge in [0.15, 0.2) is 5.67 Å². The van der Waals surface area contributed by atoms with Gasteiger partial charge in [0.1, 0.15) is 5.82 Å². The lowest BCUT2D eigenvalue weighted by atomic mass is 9.74. The highest BCUT2D eigenvalue weighted by atomic mass is 19.1. The minimum atomic E-state index is -1.62. The van der Waals surface area contributed by atoms with Gasteiger partial charge >= 0.3 is 0 Å². The Labute approximate surface area is 89.3 Å². The molecule has 0 aliphatic heterocycles. The number of alkyl halides is 1. The van der Waals surface area contributed by atoms with E-state index in [-0.39, 0.29) is 12.4 Å². The zero-order valence-electron chi connectivity index (χ0n) is 9.35. The average molecular weight is 213 g/mol. The number of hydrogen-bond acceptors (Lipinski definition) is 1. The minimum absolute atomic E-state index is 0.109. The first-order chi connectivity index (χ1) is 6.81. The van der Waals surface area contributed by atoms with Gasteiger partial charge in [-0.2, -0.15) is 0 Å². The molecule has 0 aliphatic carbocycles. The van der Waals surface area contributed by atoms with Crippen molar-refractivity contribution in [1.82, 2.24) is 0 Å². The molecule has 0 fully saturated rings. The van der Waals surface area contributed by atoms with Crippen LogP contribution in [0.4, 0.5) is 8.78 Å². The van der Waals surface area contributed by atoms with Crippen molar-refractivity contribution in [3.05, 3.63) is 35.6 Å². The van der Waals surface area contributed by atoms with Crippen molar-refractivity contribution in [3.63, 3.8) is 0 Å². The van der Waals surface area contributed by atoms with Gasteiger partial charge in [-0.3, -0.25) is 0 Å². The zero-order chi connectivity index (χ0) is 11.7. The second kappa shape index (κ2) is 3.89. The van der Waals surface area contributed by atoms with Gasteiger partial charge in [-0.1, -0.05) is 32.9 Å². The summed E-state index contributed by atoms with van der Waals surface area (Å²) in [5.41, 5.74) is 3.69. The van der Waals surface area contributed by atoms with Gasteiger partial charge in [0, 0.05) is 12.0 Å². The summed E-state index contributed by atoms with van der Waals surface area (Å²) in [6.07, 6.45) is 0. The van der Waals surface area contributed by atoms with Crippen molar-refractivity contribution in [1.29, 1.82) is 0 Å². The predicted octanol–water partition coefficient (Wildman–Crippen LogP) is 3.00. The molecular formula is C12H17F2N.